The Bertz CT molecular complexity index is 599. The van der Waals surface area contributed by atoms with Crippen LogP contribution < -0.4 is 4.72 Å². The first-order valence-electron chi connectivity index (χ1n) is 5.31. The first-order valence-corrected chi connectivity index (χ1v) is 7.95. The molecule has 1 saturated heterocycles. The van der Waals surface area contributed by atoms with E-state index in [1.54, 1.807) is 0 Å². The first-order chi connectivity index (χ1) is 8.86. The third-order valence-corrected chi connectivity index (χ3v) is 5.44. The molecule has 2 N–H and O–H groups in total. The van der Waals surface area contributed by atoms with Gasteiger partial charge in [-0.05, 0) is 18.2 Å². The predicted octanol–water partition coefficient (Wildman–Crippen LogP) is 0.459. The second-order valence-electron chi connectivity index (χ2n) is 4.13. The minimum absolute atomic E-state index is 0.143. The molecule has 1 aliphatic rings. The Morgan fingerprint density at radius 3 is 2.79 bits per heavy atom. The summed E-state index contributed by atoms with van der Waals surface area (Å²) < 4.78 is 39.3. The van der Waals surface area contributed by atoms with E-state index in [9.17, 15) is 22.7 Å². The van der Waals surface area contributed by atoms with Gasteiger partial charge in [-0.15, -0.1) is 0 Å². The molecule has 6 nitrogen and oxygen atoms in total. The maximum Gasteiger partial charge on any atom is 0.325 e. The standard InChI is InChI=1S/C10H11FN2O4S2/c11-7-3-8(5-12-4-7)19(16,17)13-10(9(14)15)1-2-18-6-10/h3-5,13H,1-2,6H2,(H,14,15). The SMILES string of the molecule is O=C(O)C1(NS(=O)(=O)c2cncc(F)c2)CCSC1. The molecule has 0 radical (unpaired) electrons. The number of aromatic nitrogens is 1. The van der Waals surface area contributed by atoms with E-state index < -0.39 is 27.3 Å². The fourth-order valence-corrected chi connectivity index (χ4v) is 4.49. The third-order valence-electron chi connectivity index (χ3n) is 2.75. The highest BCUT2D eigenvalue weighted by Gasteiger charge is 2.45. The van der Waals surface area contributed by atoms with Crippen LogP contribution in [0.15, 0.2) is 23.4 Å². The van der Waals surface area contributed by atoms with Crippen molar-refractivity contribution in [2.75, 3.05) is 11.5 Å². The number of nitrogens with zero attached hydrogens (tertiary/aromatic N) is 1. The van der Waals surface area contributed by atoms with E-state index in [1.807, 2.05) is 0 Å². The van der Waals surface area contributed by atoms with Crippen LogP contribution in [0.25, 0.3) is 0 Å². The van der Waals surface area contributed by atoms with Crippen molar-refractivity contribution in [1.82, 2.24) is 9.71 Å². The van der Waals surface area contributed by atoms with Gasteiger partial charge in [0.15, 0.2) is 0 Å². The Labute approximate surface area is 113 Å². The molecule has 1 unspecified atom stereocenters. The van der Waals surface area contributed by atoms with Crippen molar-refractivity contribution in [2.45, 2.75) is 16.9 Å². The fraction of sp³-hybridized carbons (Fsp3) is 0.400. The fourth-order valence-electron chi connectivity index (χ4n) is 1.71. The maximum atomic E-state index is 13.0. The Hall–Kier alpha value is -1.19. The molecular formula is C10H11FN2O4S2. The Balaban J connectivity index is 2.33. The van der Waals surface area contributed by atoms with Gasteiger partial charge < -0.3 is 5.11 Å². The van der Waals surface area contributed by atoms with E-state index >= 15 is 0 Å². The van der Waals surface area contributed by atoms with Crippen LogP contribution in [0.1, 0.15) is 6.42 Å². The van der Waals surface area contributed by atoms with Crippen LogP contribution in [-0.2, 0) is 14.8 Å². The summed E-state index contributed by atoms with van der Waals surface area (Å²) in [4.78, 5) is 14.3. The lowest BCUT2D eigenvalue weighted by Gasteiger charge is -2.24. The predicted molar refractivity (Wildman–Crippen MR) is 66.8 cm³/mol. The number of halogens is 1. The molecule has 1 aromatic rings. The summed E-state index contributed by atoms with van der Waals surface area (Å²) in [6.07, 6.45) is 2.04. The summed E-state index contributed by atoms with van der Waals surface area (Å²) in [6, 6.07) is 0.799. The number of sulfonamides is 1. The van der Waals surface area contributed by atoms with E-state index in [-0.39, 0.29) is 17.1 Å². The zero-order chi connectivity index (χ0) is 14.1. The van der Waals surface area contributed by atoms with Crippen molar-refractivity contribution in [3.63, 3.8) is 0 Å². The number of aliphatic carboxylic acids is 1. The Morgan fingerprint density at radius 1 is 1.53 bits per heavy atom. The molecule has 1 aromatic heterocycles. The molecular weight excluding hydrogens is 295 g/mol. The summed E-state index contributed by atoms with van der Waals surface area (Å²) in [5.74, 6) is -1.33. The lowest BCUT2D eigenvalue weighted by molar-refractivity contribution is -0.142. The van der Waals surface area contributed by atoms with E-state index in [0.717, 1.165) is 18.5 Å². The third kappa shape index (κ3) is 2.88. The van der Waals surface area contributed by atoms with Gasteiger partial charge in [-0.1, -0.05) is 0 Å². The van der Waals surface area contributed by atoms with Crippen molar-refractivity contribution >= 4 is 27.8 Å². The van der Waals surface area contributed by atoms with Crippen molar-refractivity contribution in [1.29, 1.82) is 0 Å². The van der Waals surface area contributed by atoms with E-state index in [1.165, 1.54) is 11.8 Å². The zero-order valence-corrected chi connectivity index (χ0v) is 11.3. The van der Waals surface area contributed by atoms with Crippen molar-refractivity contribution in [3.05, 3.63) is 24.3 Å². The number of rotatable bonds is 4. The average molecular weight is 306 g/mol. The average Bonchev–Trinajstić information content (AvgIpc) is 2.78. The van der Waals surface area contributed by atoms with Gasteiger partial charge in [-0.25, -0.2) is 12.8 Å². The summed E-state index contributed by atoms with van der Waals surface area (Å²) in [7, 11) is -4.12. The number of thioether (sulfide) groups is 1. The molecule has 0 aliphatic carbocycles. The Kier molecular flexibility index (Phi) is 3.79. The molecule has 1 atom stereocenters. The van der Waals surface area contributed by atoms with Crippen molar-refractivity contribution in [3.8, 4) is 0 Å². The van der Waals surface area contributed by atoms with E-state index in [4.69, 9.17) is 0 Å². The van der Waals surface area contributed by atoms with Gasteiger partial charge in [0.05, 0.1) is 6.20 Å². The number of carbonyl (C=O) groups is 1. The number of nitrogens with one attached hydrogen (secondary N) is 1. The minimum atomic E-state index is -4.12. The van der Waals surface area contributed by atoms with Gasteiger partial charge in [0.25, 0.3) is 0 Å². The monoisotopic (exact) mass is 306 g/mol. The molecule has 0 bridgehead atoms. The number of hydrogen-bond donors (Lipinski definition) is 2. The highest BCUT2D eigenvalue weighted by Crippen LogP contribution is 2.30. The maximum absolute atomic E-state index is 13.0. The topological polar surface area (TPSA) is 96.4 Å². The summed E-state index contributed by atoms with van der Waals surface area (Å²) in [5.41, 5.74) is -1.53. The van der Waals surface area contributed by atoms with Crippen molar-refractivity contribution < 1.29 is 22.7 Å². The second kappa shape index (κ2) is 5.06. The van der Waals surface area contributed by atoms with Gasteiger partial charge in [0, 0.05) is 11.9 Å². The molecule has 0 spiro atoms. The molecule has 104 valence electrons. The number of pyridine rings is 1. The summed E-state index contributed by atoms with van der Waals surface area (Å²) >= 11 is 1.35. The largest absolute Gasteiger partial charge is 0.480 e. The van der Waals surface area contributed by atoms with Crippen LogP contribution >= 0.6 is 11.8 Å². The smallest absolute Gasteiger partial charge is 0.325 e. The quantitative estimate of drug-likeness (QED) is 0.839. The highest BCUT2D eigenvalue weighted by molar-refractivity contribution is 7.99. The lowest BCUT2D eigenvalue weighted by atomic mass is 10.0. The van der Waals surface area contributed by atoms with Gasteiger partial charge >= 0.3 is 5.97 Å². The van der Waals surface area contributed by atoms with Gasteiger partial charge in [0.1, 0.15) is 16.3 Å². The second-order valence-corrected chi connectivity index (χ2v) is 6.92. The van der Waals surface area contributed by atoms with Gasteiger partial charge in [0.2, 0.25) is 10.0 Å². The van der Waals surface area contributed by atoms with Crippen LogP contribution in [0.5, 0.6) is 0 Å². The molecule has 19 heavy (non-hydrogen) atoms. The molecule has 2 rings (SSSR count). The minimum Gasteiger partial charge on any atom is -0.480 e. The molecule has 1 fully saturated rings. The van der Waals surface area contributed by atoms with Gasteiger partial charge in [-0.3, -0.25) is 9.78 Å². The molecule has 0 saturated carbocycles. The van der Waals surface area contributed by atoms with Crippen LogP contribution in [-0.4, -0.2) is 41.5 Å². The lowest BCUT2D eigenvalue weighted by Crippen LogP contribution is -2.54. The summed E-state index contributed by atoms with van der Waals surface area (Å²) in [5, 5.41) is 9.20. The number of carboxylic acids is 1. The summed E-state index contributed by atoms with van der Waals surface area (Å²) in [6.45, 7) is 0. The van der Waals surface area contributed by atoms with E-state index in [0.29, 0.717) is 5.75 Å². The van der Waals surface area contributed by atoms with Crippen molar-refractivity contribution in [2.24, 2.45) is 0 Å². The molecule has 1 aliphatic heterocycles. The van der Waals surface area contributed by atoms with Crippen LogP contribution in [0.3, 0.4) is 0 Å². The highest BCUT2D eigenvalue weighted by atomic mass is 32.2. The number of hydrogen-bond acceptors (Lipinski definition) is 5. The molecule has 2 heterocycles. The normalized spacial score (nSPS) is 23.4. The first kappa shape index (κ1) is 14.2. The molecule has 9 heteroatoms. The van der Waals surface area contributed by atoms with E-state index in [2.05, 4.69) is 9.71 Å². The molecule has 0 amide bonds. The van der Waals surface area contributed by atoms with Crippen LogP contribution in [0.4, 0.5) is 4.39 Å². The van der Waals surface area contributed by atoms with Crippen LogP contribution in [0.2, 0.25) is 0 Å². The molecule has 0 aromatic carbocycles. The zero-order valence-electron chi connectivity index (χ0n) is 9.67. The van der Waals surface area contributed by atoms with Crippen LogP contribution in [0, 0.1) is 5.82 Å². The number of carboxylic acid groups (broad SMARTS) is 1. The Morgan fingerprint density at radius 2 is 2.26 bits per heavy atom. The van der Waals surface area contributed by atoms with Gasteiger partial charge in [-0.2, -0.15) is 16.5 Å².